The molecule has 1 aliphatic rings. The van der Waals surface area contributed by atoms with Gasteiger partial charge < -0.3 is 10.6 Å². The van der Waals surface area contributed by atoms with Gasteiger partial charge in [-0.15, -0.1) is 0 Å². The highest BCUT2D eigenvalue weighted by atomic mass is 35.5. The Morgan fingerprint density at radius 3 is 2.56 bits per heavy atom. The molecule has 8 nitrogen and oxygen atoms in total. The molecule has 0 aliphatic carbocycles. The summed E-state index contributed by atoms with van der Waals surface area (Å²) in [4.78, 5) is 25.5. The minimum Gasteiger partial charge on any atom is -0.368 e. The second-order valence-electron chi connectivity index (χ2n) is 5.76. The Kier molecular flexibility index (Phi) is 6.28. The third-order valence-electron chi connectivity index (χ3n) is 3.89. The van der Waals surface area contributed by atoms with Crippen LogP contribution in [0.5, 0.6) is 0 Å². The molecule has 25 heavy (non-hydrogen) atoms. The van der Waals surface area contributed by atoms with Crippen molar-refractivity contribution in [3.05, 3.63) is 33.8 Å². The largest absolute Gasteiger partial charge is 0.368 e. The van der Waals surface area contributed by atoms with Gasteiger partial charge in [0.15, 0.2) is 0 Å². The Hall–Kier alpha value is -1.39. The summed E-state index contributed by atoms with van der Waals surface area (Å²) >= 11 is 11.8. The number of primary amides is 1. The van der Waals surface area contributed by atoms with Crippen molar-refractivity contribution in [1.82, 2.24) is 9.62 Å². The first-order valence-corrected chi connectivity index (χ1v) is 9.72. The number of amides is 2. The van der Waals surface area contributed by atoms with Gasteiger partial charge in [-0.25, -0.2) is 5.14 Å². The molecule has 5 N–H and O–H groups in total. The molecule has 2 atom stereocenters. The van der Waals surface area contributed by atoms with Gasteiger partial charge >= 0.3 is 0 Å². The normalized spacial score (nSPS) is 19.0. The molecular weight excluding hydrogens is 391 g/mol. The van der Waals surface area contributed by atoms with E-state index in [1.54, 1.807) is 12.1 Å². The second kappa shape index (κ2) is 7.88. The first-order valence-electron chi connectivity index (χ1n) is 7.42. The predicted molar refractivity (Wildman–Crippen MR) is 94.1 cm³/mol. The lowest BCUT2D eigenvalue weighted by Crippen LogP contribution is -2.54. The average molecular weight is 409 g/mol. The van der Waals surface area contributed by atoms with Crippen LogP contribution in [0.4, 0.5) is 0 Å². The fraction of sp³-hybridized carbons (Fsp3) is 0.429. The van der Waals surface area contributed by atoms with E-state index in [4.69, 9.17) is 34.1 Å². The van der Waals surface area contributed by atoms with Crippen LogP contribution in [0.25, 0.3) is 0 Å². The van der Waals surface area contributed by atoms with Crippen molar-refractivity contribution >= 4 is 45.2 Å². The number of likely N-dealkylation sites (tertiary alicyclic amines) is 1. The van der Waals surface area contributed by atoms with Crippen LogP contribution in [0.3, 0.4) is 0 Å². The zero-order valence-corrected chi connectivity index (χ0v) is 15.4. The molecule has 1 saturated heterocycles. The number of halogens is 2. The zero-order chi connectivity index (χ0) is 18.8. The van der Waals surface area contributed by atoms with E-state index in [0.29, 0.717) is 30.0 Å². The lowest BCUT2D eigenvalue weighted by atomic mass is 10.0. The average Bonchev–Trinajstić information content (AvgIpc) is 2.98. The SMILES string of the molecule is NC(=O)C1CCCN1C(=O)[C@@H](Cc1ccc(Cl)c(Cl)c1)NS(N)(=O)=O. The van der Waals surface area contributed by atoms with Crippen LogP contribution in [0.2, 0.25) is 10.0 Å². The number of nitrogens with two attached hydrogens (primary N) is 2. The molecule has 1 unspecified atom stereocenters. The molecular formula is C14H18Cl2N4O4S. The van der Waals surface area contributed by atoms with Crippen LogP contribution >= 0.6 is 23.2 Å². The van der Waals surface area contributed by atoms with Crippen molar-refractivity contribution in [1.29, 1.82) is 0 Å². The molecule has 0 bridgehead atoms. The summed E-state index contributed by atoms with van der Waals surface area (Å²) in [5, 5.41) is 5.64. The Bertz CT molecular complexity index is 787. The van der Waals surface area contributed by atoms with Crippen LogP contribution in [-0.2, 0) is 26.2 Å². The molecule has 2 rings (SSSR count). The third kappa shape index (κ3) is 5.29. The summed E-state index contributed by atoms with van der Waals surface area (Å²) in [5.74, 6) is -1.20. The molecule has 0 saturated carbocycles. The van der Waals surface area contributed by atoms with Gasteiger partial charge in [-0.2, -0.15) is 13.1 Å². The Balaban J connectivity index is 2.27. The third-order valence-corrected chi connectivity index (χ3v) is 5.24. The second-order valence-corrected chi connectivity index (χ2v) is 7.90. The monoisotopic (exact) mass is 408 g/mol. The highest BCUT2D eigenvalue weighted by Gasteiger charge is 2.37. The molecule has 1 aliphatic heterocycles. The highest BCUT2D eigenvalue weighted by Crippen LogP contribution is 2.24. The molecule has 1 aromatic rings. The number of hydrogen-bond donors (Lipinski definition) is 3. The number of nitrogens with zero attached hydrogens (tertiary/aromatic N) is 1. The van der Waals surface area contributed by atoms with E-state index in [1.807, 2.05) is 0 Å². The van der Waals surface area contributed by atoms with E-state index in [-0.39, 0.29) is 11.4 Å². The van der Waals surface area contributed by atoms with Crippen molar-refractivity contribution in [2.75, 3.05) is 6.54 Å². The quantitative estimate of drug-likeness (QED) is 0.617. The fourth-order valence-corrected chi connectivity index (χ4v) is 3.71. The van der Waals surface area contributed by atoms with Gasteiger partial charge in [0.2, 0.25) is 11.8 Å². The first-order chi connectivity index (χ1) is 11.6. The zero-order valence-electron chi connectivity index (χ0n) is 13.1. The van der Waals surface area contributed by atoms with Crippen molar-refractivity contribution in [3.63, 3.8) is 0 Å². The van der Waals surface area contributed by atoms with Crippen molar-refractivity contribution in [2.45, 2.75) is 31.3 Å². The fourth-order valence-electron chi connectivity index (χ4n) is 2.81. The van der Waals surface area contributed by atoms with Crippen LogP contribution in [0.15, 0.2) is 18.2 Å². The number of benzene rings is 1. The maximum absolute atomic E-state index is 12.8. The molecule has 11 heteroatoms. The van der Waals surface area contributed by atoms with Crippen molar-refractivity contribution in [3.8, 4) is 0 Å². The van der Waals surface area contributed by atoms with E-state index >= 15 is 0 Å². The molecule has 0 aromatic heterocycles. The molecule has 138 valence electrons. The lowest BCUT2D eigenvalue weighted by Gasteiger charge is -2.27. The number of nitrogens with one attached hydrogen (secondary N) is 1. The molecule has 2 amide bonds. The van der Waals surface area contributed by atoms with E-state index in [0.717, 1.165) is 0 Å². The minimum atomic E-state index is -4.15. The molecule has 1 heterocycles. The maximum atomic E-state index is 12.8. The van der Waals surface area contributed by atoms with Gasteiger partial charge in [0.05, 0.1) is 10.0 Å². The standard InChI is InChI=1S/C14H18Cl2N4O4S/c15-9-4-3-8(6-10(9)16)7-11(19-25(18,23)24)14(22)20-5-1-2-12(20)13(17)21/h3-4,6,11-12,19H,1-2,5,7H2,(H2,17,21)(H2,18,23,24)/t11-,12?/m1/s1. The van der Waals surface area contributed by atoms with Crippen LogP contribution in [-0.4, -0.2) is 43.8 Å². The number of rotatable bonds is 6. The molecule has 0 radical (unpaired) electrons. The van der Waals surface area contributed by atoms with Crippen LogP contribution in [0.1, 0.15) is 18.4 Å². The summed E-state index contributed by atoms with van der Waals surface area (Å²) in [6.07, 6.45) is 1.04. The summed E-state index contributed by atoms with van der Waals surface area (Å²) in [6, 6.07) is 2.75. The van der Waals surface area contributed by atoms with Gasteiger partial charge in [-0.3, -0.25) is 9.59 Å². The van der Waals surface area contributed by atoms with E-state index in [9.17, 15) is 18.0 Å². The molecule has 0 spiro atoms. The summed E-state index contributed by atoms with van der Waals surface area (Å²) < 4.78 is 25.0. The van der Waals surface area contributed by atoms with Gasteiger partial charge in [0.1, 0.15) is 12.1 Å². The Morgan fingerprint density at radius 2 is 2.00 bits per heavy atom. The van der Waals surface area contributed by atoms with Gasteiger partial charge in [0, 0.05) is 6.54 Å². The van der Waals surface area contributed by atoms with Crippen molar-refractivity contribution < 1.29 is 18.0 Å². The van der Waals surface area contributed by atoms with E-state index in [2.05, 4.69) is 4.72 Å². The van der Waals surface area contributed by atoms with Crippen LogP contribution in [0, 0.1) is 0 Å². The number of hydrogen-bond acceptors (Lipinski definition) is 4. The minimum absolute atomic E-state index is 0.00582. The Labute approximate surface area is 155 Å². The van der Waals surface area contributed by atoms with Gasteiger partial charge in [-0.05, 0) is 37.0 Å². The van der Waals surface area contributed by atoms with Crippen molar-refractivity contribution in [2.24, 2.45) is 10.9 Å². The summed E-state index contributed by atoms with van der Waals surface area (Å²) in [6.45, 7) is 0.316. The topological polar surface area (TPSA) is 136 Å². The molecule has 1 aromatic carbocycles. The summed E-state index contributed by atoms with van der Waals surface area (Å²) in [7, 11) is -4.15. The van der Waals surface area contributed by atoms with Gasteiger partial charge in [-0.1, -0.05) is 29.3 Å². The highest BCUT2D eigenvalue weighted by molar-refractivity contribution is 7.87. The lowest BCUT2D eigenvalue weighted by molar-refractivity contribution is -0.138. The summed E-state index contributed by atoms with van der Waals surface area (Å²) in [5.41, 5.74) is 5.90. The predicted octanol–water partition coefficient (Wildman–Crippen LogP) is 0.174. The number of carbonyl (C=O) groups excluding carboxylic acids is 2. The van der Waals surface area contributed by atoms with Gasteiger partial charge in [0.25, 0.3) is 10.2 Å². The van der Waals surface area contributed by atoms with E-state index in [1.165, 1.54) is 11.0 Å². The Morgan fingerprint density at radius 1 is 1.32 bits per heavy atom. The van der Waals surface area contributed by atoms with Crippen LogP contribution < -0.4 is 15.6 Å². The molecule has 1 fully saturated rings. The smallest absolute Gasteiger partial charge is 0.275 e. The van der Waals surface area contributed by atoms with E-state index < -0.39 is 34.1 Å². The first kappa shape index (κ1) is 19.9. The maximum Gasteiger partial charge on any atom is 0.275 e. The number of carbonyl (C=O) groups is 2.